The van der Waals surface area contributed by atoms with Crippen LogP contribution in [0.15, 0.2) is 45.3 Å². The molecule has 1 N–H and O–H groups in total. The Morgan fingerprint density at radius 1 is 1.20 bits per heavy atom. The molecule has 4 nitrogen and oxygen atoms in total. The minimum atomic E-state index is -0.548. The molecule has 20 heavy (non-hydrogen) atoms. The van der Waals surface area contributed by atoms with E-state index >= 15 is 0 Å². The largest absolute Gasteiger partial charge is 0.375 e. The number of nitrogens with one attached hydrogen (secondary N) is 1. The number of anilines is 1. The van der Waals surface area contributed by atoms with Crippen LogP contribution >= 0.6 is 31.9 Å². The van der Waals surface area contributed by atoms with Gasteiger partial charge in [-0.05, 0) is 33.6 Å². The predicted octanol–water partition coefficient (Wildman–Crippen LogP) is 4.87. The third kappa shape index (κ3) is 3.55. The number of hydrogen-bond donors (Lipinski definition) is 1. The first-order valence-corrected chi connectivity index (χ1v) is 7.17. The van der Waals surface area contributed by atoms with Crippen LogP contribution in [0.5, 0.6) is 0 Å². The van der Waals surface area contributed by atoms with Crippen molar-refractivity contribution in [3.8, 4) is 0 Å². The van der Waals surface area contributed by atoms with Crippen LogP contribution in [0.4, 0.5) is 15.8 Å². The van der Waals surface area contributed by atoms with Crippen LogP contribution in [-0.4, -0.2) is 4.92 Å². The molecule has 0 saturated heterocycles. The van der Waals surface area contributed by atoms with E-state index < -0.39 is 10.7 Å². The van der Waals surface area contributed by atoms with Gasteiger partial charge in [0.15, 0.2) is 0 Å². The van der Waals surface area contributed by atoms with E-state index in [2.05, 4.69) is 37.2 Å². The smallest absolute Gasteiger partial charge is 0.293 e. The van der Waals surface area contributed by atoms with Gasteiger partial charge in [-0.3, -0.25) is 10.1 Å². The minimum absolute atomic E-state index is 0.0680. The van der Waals surface area contributed by atoms with Gasteiger partial charge in [0, 0.05) is 23.2 Å². The zero-order chi connectivity index (χ0) is 14.7. The van der Waals surface area contributed by atoms with Crippen LogP contribution in [0, 0.1) is 15.9 Å². The van der Waals surface area contributed by atoms with Gasteiger partial charge < -0.3 is 5.32 Å². The third-order valence-electron chi connectivity index (χ3n) is 2.63. The summed E-state index contributed by atoms with van der Waals surface area (Å²) in [5.41, 5.74) is 0.917. The number of rotatable bonds is 4. The lowest BCUT2D eigenvalue weighted by Crippen LogP contribution is -2.03. The van der Waals surface area contributed by atoms with Gasteiger partial charge in [0.05, 0.1) is 9.40 Å². The fraction of sp³-hybridized carbons (Fsp3) is 0.0769. The molecule has 0 fully saturated rings. The molecule has 104 valence electrons. The first kappa shape index (κ1) is 14.9. The van der Waals surface area contributed by atoms with Crippen LogP contribution in [0.1, 0.15) is 5.56 Å². The fourth-order valence-corrected chi connectivity index (χ4v) is 2.22. The molecule has 0 spiro atoms. The summed E-state index contributed by atoms with van der Waals surface area (Å²) >= 11 is 6.27. The molecule has 0 saturated carbocycles. The van der Waals surface area contributed by atoms with Crippen LogP contribution in [0.2, 0.25) is 0 Å². The average Bonchev–Trinajstić information content (AvgIpc) is 2.41. The van der Waals surface area contributed by atoms with Gasteiger partial charge in [-0.15, -0.1) is 0 Å². The maximum atomic E-state index is 13.5. The number of nitrogens with zero attached hydrogens (tertiary/aromatic N) is 1. The van der Waals surface area contributed by atoms with Crippen LogP contribution in [-0.2, 0) is 6.54 Å². The molecule has 0 atom stereocenters. The second-order valence-electron chi connectivity index (χ2n) is 4.02. The molecule has 2 rings (SSSR count). The predicted molar refractivity (Wildman–Crippen MR) is 82.2 cm³/mol. The van der Waals surface area contributed by atoms with Gasteiger partial charge in [0.25, 0.3) is 5.69 Å². The summed E-state index contributed by atoms with van der Waals surface area (Å²) in [7, 11) is 0. The zero-order valence-electron chi connectivity index (χ0n) is 10.1. The van der Waals surface area contributed by atoms with Crippen molar-refractivity contribution in [2.45, 2.75) is 6.54 Å². The molecule has 0 radical (unpaired) electrons. The first-order chi connectivity index (χ1) is 9.47. The summed E-state index contributed by atoms with van der Waals surface area (Å²) in [6.45, 7) is 0.370. The van der Waals surface area contributed by atoms with E-state index in [4.69, 9.17) is 0 Å². The monoisotopic (exact) mass is 402 g/mol. The lowest BCUT2D eigenvalue weighted by Gasteiger charge is -2.08. The van der Waals surface area contributed by atoms with Gasteiger partial charge in [-0.25, -0.2) is 4.39 Å². The standard InChI is InChI=1S/C13H9Br2FN2O2/c14-9-3-1-8(2-4-9)7-17-12-6-11(16)10(15)5-13(12)18(19)20/h1-6,17H,7H2. The molecule has 2 aromatic rings. The highest BCUT2D eigenvalue weighted by atomic mass is 79.9. The summed E-state index contributed by atoms with van der Waals surface area (Å²) in [5.74, 6) is -0.547. The van der Waals surface area contributed by atoms with E-state index in [1.165, 1.54) is 0 Å². The van der Waals surface area contributed by atoms with Gasteiger partial charge in [-0.1, -0.05) is 28.1 Å². The molecule has 0 heterocycles. The summed E-state index contributed by atoms with van der Waals surface area (Å²) < 4.78 is 14.5. The number of halogens is 3. The lowest BCUT2D eigenvalue weighted by molar-refractivity contribution is -0.384. The molecule has 2 aromatic carbocycles. The van der Waals surface area contributed by atoms with E-state index in [0.29, 0.717) is 6.54 Å². The minimum Gasteiger partial charge on any atom is -0.375 e. The van der Waals surface area contributed by atoms with Gasteiger partial charge in [0.2, 0.25) is 0 Å². The second kappa shape index (κ2) is 6.32. The molecule has 0 unspecified atom stereocenters. The van der Waals surface area contributed by atoms with Crippen molar-refractivity contribution in [3.05, 3.63) is 66.8 Å². The molecule has 0 aliphatic carbocycles. The van der Waals surface area contributed by atoms with Crippen LogP contribution in [0.25, 0.3) is 0 Å². The Hall–Kier alpha value is -1.47. The SMILES string of the molecule is O=[N+]([O-])c1cc(Br)c(F)cc1NCc1ccc(Br)cc1. The van der Waals surface area contributed by atoms with E-state index in [9.17, 15) is 14.5 Å². The number of benzene rings is 2. The average molecular weight is 404 g/mol. The lowest BCUT2D eigenvalue weighted by atomic mass is 10.2. The Kier molecular flexibility index (Phi) is 4.72. The fourth-order valence-electron chi connectivity index (χ4n) is 1.63. The summed E-state index contributed by atoms with van der Waals surface area (Å²) in [4.78, 5) is 10.4. The Morgan fingerprint density at radius 3 is 2.45 bits per heavy atom. The molecule has 0 aliphatic heterocycles. The topological polar surface area (TPSA) is 55.2 Å². The van der Waals surface area contributed by atoms with E-state index in [1.54, 1.807) is 0 Å². The van der Waals surface area contributed by atoms with Crippen molar-refractivity contribution in [2.24, 2.45) is 0 Å². The highest BCUT2D eigenvalue weighted by molar-refractivity contribution is 9.10. The molecular weight excluding hydrogens is 395 g/mol. The maximum Gasteiger partial charge on any atom is 0.293 e. The third-order valence-corrected chi connectivity index (χ3v) is 3.77. The Labute approximate surface area is 131 Å². The Bertz CT molecular complexity index is 648. The second-order valence-corrected chi connectivity index (χ2v) is 5.79. The van der Waals surface area contributed by atoms with Crippen molar-refractivity contribution >= 4 is 43.2 Å². The first-order valence-electron chi connectivity index (χ1n) is 5.59. The maximum absolute atomic E-state index is 13.5. The van der Waals surface area contributed by atoms with Crippen molar-refractivity contribution in [1.82, 2.24) is 0 Å². The normalized spacial score (nSPS) is 10.3. The summed E-state index contributed by atoms with van der Waals surface area (Å²) in [6.07, 6.45) is 0. The molecule has 0 amide bonds. The molecule has 0 aliphatic rings. The molecule has 0 aromatic heterocycles. The van der Waals surface area contributed by atoms with Crippen molar-refractivity contribution < 1.29 is 9.31 Å². The van der Waals surface area contributed by atoms with Gasteiger partial charge in [0.1, 0.15) is 11.5 Å². The summed E-state index contributed by atoms with van der Waals surface area (Å²) in [5, 5.41) is 13.8. The zero-order valence-corrected chi connectivity index (χ0v) is 13.2. The van der Waals surface area contributed by atoms with Crippen molar-refractivity contribution in [1.29, 1.82) is 0 Å². The van der Waals surface area contributed by atoms with Crippen LogP contribution in [0.3, 0.4) is 0 Å². The number of nitro groups is 1. The van der Waals surface area contributed by atoms with Gasteiger partial charge >= 0.3 is 0 Å². The highest BCUT2D eigenvalue weighted by Gasteiger charge is 2.17. The van der Waals surface area contributed by atoms with E-state index in [0.717, 1.165) is 22.2 Å². The van der Waals surface area contributed by atoms with Crippen molar-refractivity contribution in [2.75, 3.05) is 5.32 Å². The quantitative estimate of drug-likeness (QED) is 0.585. The molecule has 7 heteroatoms. The number of nitro benzene ring substituents is 1. The molecular formula is C13H9Br2FN2O2. The Balaban J connectivity index is 2.22. The van der Waals surface area contributed by atoms with E-state index in [1.807, 2.05) is 24.3 Å². The highest BCUT2D eigenvalue weighted by Crippen LogP contribution is 2.30. The van der Waals surface area contributed by atoms with E-state index in [-0.39, 0.29) is 15.8 Å². The summed E-state index contributed by atoms with van der Waals surface area (Å²) in [6, 6.07) is 9.75. The molecule has 0 bridgehead atoms. The van der Waals surface area contributed by atoms with Crippen molar-refractivity contribution in [3.63, 3.8) is 0 Å². The van der Waals surface area contributed by atoms with Gasteiger partial charge in [-0.2, -0.15) is 0 Å². The number of hydrogen-bond acceptors (Lipinski definition) is 3. The Morgan fingerprint density at radius 2 is 1.85 bits per heavy atom. The van der Waals surface area contributed by atoms with Crippen LogP contribution < -0.4 is 5.32 Å².